The number of rotatable bonds is 3. The van der Waals surface area contributed by atoms with Crippen LogP contribution in [0.5, 0.6) is 0 Å². The first kappa shape index (κ1) is 11.4. The summed E-state index contributed by atoms with van der Waals surface area (Å²) in [6.45, 7) is 3.81. The molecule has 2 aliphatic rings. The maximum Gasteiger partial charge on any atom is 0.0207 e. The van der Waals surface area contributed by atoms with E-state index in [9.17, 15) is 0 Å². The lowest BCUT2D eigenvalue weighted by Crippen LogP contribution is -2.35. The van der Waals surface area contributed by atoms with Gasteiger partial charge in [0.15, 0.2) is 0 Å². The Morgan fingerprint density at radius 3 is 2.40 bits per heavy atom. The summed E-state index contributed by atoms with van der Waals surface area (Å²) in [5, 5.41) is 3.77. The molecule has 1 aliphatic carbocycles. The quantitative estimate of drug-likeness (QED) is 0.719. The van der Waals surface area contributed by atoms with E-state index in [1.165, 1.54) is 64.6 Å². The highest BCUT2D eigenvalue weighted by atomic mass is 15.2. The standard InChI is InChI=1S/C13H26N2/c1-15-9-8-13(11-15)14-10-12-6-4-2-3-5-7-12/h12-14H,2-11H2,1H3. The summed E-state index contributed by atoms with van der Waals surface area (Å²) in [5.74, 6) is 0.971. The van der Waals surface area contributed by atoms with Gasteiger partial charge in [0.2, 0.25) is 0 Å². The Kier molecular flexibility index (Phi) is 4.45. The molecule has 2 rings (SSSR count). The topological polar surface area (TPSA) is 15.3 Å². The Morgan fingerprint density at radius 1 is 1.07 bits per heavy atom. The minimum absolute atomic E-state index is 0.776. The average molecular weight is 210 g/mol. The van der Waals surface area contributed by atoms with Crippen LogP contribution in [0.1, 0.15) is 44.9 Å². The third kappa shape index (κ3) is 3.76. The largest absolute Gasteiger partial charge is 0.312 e. The van der Waals surface area contributed by atoms with Crippen LogP contribution in [0.25, 0.3) is 0 Å². The molecule has 0 radical (unpaired) electrons. The van der Waals surface area contributed by atoms with Crippen molar-refractivity contribution in [3.05, 3.63) is 0 Å². The van der Waals surface area contributed by atoms with Crippen LogP contribution in [-0.4, -0.2) is 37.6 Å². The van der Waals surface area contributed by atoms with E-state index in [4.69, 9.17) is 0 Å². The van der Waals surface area contributed by atoms with E-state index in [-0.39, 0.29) is 0 Å². The highest BCUT2D eigenvalue weighted by molar-refractivity contribution is 4.80. The zero-order chi connectivity index (χ0) is 10.5. The Morgan fingerprint density at radius 2 is 1.80 bits per heavy atom. The molecule has 1 N–H and O–H groups in total. The summed E-state index contributed by atoms with van der Waals surface area (Å²) in [7, 11) is 2.23. The normalized spacial score (nSPS) is 30.6. The molecule has 2 heteroatoms. The van der Waals surface area contributed by atoms with E-state index in [1.807, 2.05) is 0 Å². The lowest BCUT2D eigenvalue weighted by molar-refractivity contribution is 0.370. The van der Waals surface area contributed by atoms with Gasteiger partial charge in [0.05, 0.1) is 0 Å². The SMILES string of the molecule is CN1CCC(NCC2CCCCCC2)C1. The fourth-order valence-electron chi connectivity index (χ4n) is 3.00. The van der Waals surface area contributed by atoms with Crippen molar-refractivity contribution in [2.24, 2.45) is 5.92 Å². The summed E-state index contributed by atoms with van der Waals surface area (Å²) in [6, 6.07) is 0.776. The van der Waals surface area contributed by atoms with Crippen LogP contribution >= 0.6 is 0 Å². The van der Waals surface area contributed by atoms with Crippen LogP contribution < -0.4 is 5.32 Å². The van der Waals surface area contributed by atoms with Crippen LogP contribution in [0.3, 0.4) is 0 Å². The molecule has 1 unspecified atom stereocenters. The second kappa shape index (κ2) is 5.86. The van der Waals surface area contributed by atoms with E-state index in [0.29, 0.717) is 0 Å². The third-order valence-corrected chi connectivity index (χ3v) is 4.06. The van der Waals surface area contributed by atoms with Gasteiger partial charge in [-0.3, -0.25) is 0 Å². The van der Waals surface area contributed by atoms with Gasteiger partial charge < -0.3 is 10.2 Å². The molecule has 88 valence electrons. The molecule has 0 aromatic heterocycles. The minimum Gasteiger partial charge on any atom is -0.312 e. The summed E-state index contributed by atoms with van der Waals surface area (Å²) in [6.07, 6.45) is 10.2. The molecule has 2 nitrogen and oxygen atoms in total. The number of likely N-dealkylation sites (N-methyl/N-ethyl adjacent to an activating group) is 1. The first-order chi connectivity index (χ1) is 7.34. The Balaban J connectivity index is 1.63. The van der Waals surface area contributed by atoms with Crippen molar-refractivity contribution in [3.63, 3.8) is 0 Å². The number of nitrogens with zero attached hydrogens (tertiary/aromatic N) is 1. The second-order valence-corrected chi connectivity index (χ2v) is 5.51. The molecule has 0 bridgehead atoms. The molecule has 1 aliphatic heterocycles. The predicted molar refractivity (Wildman–Crippen MR) is 65.1 cm³/mol. The van der Waals surface area contributed by atoms with Gasteiger partial charge in [-0.05, 0) is 45.3 Å². The second-order valence-electron chi connectivity index (χ2n) is 5.51. The molecule has 1 atom stereocenters. The summed E-state index contributed by atoms with van der Waals surface area (Å²) < 4.78 is 0. The zero-order valence-electron chi connectivity index (χ0n) is 10.2. The summed E-state index contributed by atoms with van der Waals surface area (Å²) in [5.41, 5.74) is 0. The number of nitrogens with one attached hydrogen (secondary N) is 1. The van der Waals surface area contributed by atoms with Gasteiger partial charge in [-0.1, -0.05) is 25.7 Å². The molecular weight excluding hydrogens is 184 g/mol. The monoisotopic (exact) mass is 210 g/mol. The van der Waals surface area contributed by atoms with Crippen molar-refractivity contribution in [2.45, 2.75) is 51.0 Å². The summed E-state index contributed by atoms with van der Waals surface area (Å²) in [4.78, 5) is 2.44. The van der Waals surface area contributed by atoms with Gasteiger partial charge in [0, 0.05) is 12.6 Å². The van der Waals surface area contributed by atoms with Crippen molar-refractivity contribution in [2.75, 3.05) is 26.7 Å². The first-order valence-corrected chi connectivity index (χ1v) is 6.76. The van der Waals surface area contributed by atoms with Crippen LogP contribution in [0.4, 0.5) is 0 Å². The third-order valence-electron chi connectivity index (χ3n) is 4.06. The van der Waals surface area contributed by atoms with E-state index in [1.54, 1.807) is 0 Å². The molecular formula is C13H26N2. The first-order valence-electron chi connectivity index (χ1n) is 6.76. The van der Waals surface area contributed by atoms with Crippen molar-refractivity contribution in [3.8, 4) is 0 Å². The van der Waals surface area contributed by atoms with Gasteiger partial charge in [0.1, 0.15) is 0 Å². The maximum absolute atomic E-state index is 3.77. The average Bonchev–Trinajstić information content (AvgIpc) is 2.52. The van der Waals surface area contributed by atoms with E-state index in [2.05, 4.69) is 17.3 Å². The van der Waals surface area contributed by atoms with Crippen molar-refractivity contribution < 1.29 is 0 Å². The van der Waals surface area contributed by atoms with E-state index in [0.717, 1.165) is 12.0 Å². The highest BCUT2D eigenvalue weighted by Gasteiger charge is 2.20. The molecule has 2 fully saturated rings. The van der Waals surface area contributed by atoms with Crippen molar-refractivity contribution in [1.82, 2.24) is 10.2 Å². The fourth-order valence-corrected chi connectivity index (χ4v) is 3.00. The Bertz CT molecular complexity index is 173. The molecule has 1 saturated heterocycles. The fraction of sp³-hybridized carbons (Fsp3) is 1.00. The van der Waals surface area contributed by atoms with Gasteiger partial charge in [-0.15, -0.1) is 0 Å². The van der Waals surface area contributed by atoms with Crippen molar-refractivity contribution >= 4 is 0 Å². The number of hydrogen-bond acceptors (Lipinski definition) is 2. The number of likely N-dealkylation sites (tertiary alicyclic amines) is 1. The van der Waals surface area contributed by atoms with Crippen molar-refractivity contribution in [1.29, 1.82) is 0 Å². The van der Waals surface area contributed by atoms with Gasteiger partial charge >= 0.3 is 0 Å². The minimum atomic E-state index is 0.776. The smallest absolute Gasteiger partial charge is 0.0207 e. The zero-order valence-corrected chi connectivity index (χ0v) is 10.2. The Labute approximate surface area is 94.4 Å². The molecule has 1 saturated carbocycles. The maximum atomic E-state index is 3.77. The van der Waals surface area contributed by atoms with Crippen LogP contribution in [0.2, 0.25) is 0 Å². The van der Waals surface area contributed by atoms with Gasteiger partial charge in [-0.25, -0.2) is 0 Å². The molecule has 0 aromatic carbocycles. The van der Waals surface area contributed by atoms with Gasteiger partial charge in [-0.2, -0.15) is 0 Å². The Hall–Kier alpha value is -0.0800. The molecule has 0 spiro atoms. The lowest BCUT2D eigenvalue weighted by Gasteiger charge is -2.18. The van der Waals surface area contributed by atoms with Gasteiger partial charge in [0.25, 0.3) is 0 Å². The number of hydrogen-bond donors (Lipinski definition) is 1. The van der Waals surface area contributed by atoms with E-state index >= 15 is 0 Å². The molecule has 0 aromatic rings. The predicted octanol–water partition coefficient (Wildman–Crippen LogP) is 2.25. The van der Waals surface area contributed by atoms with Crippen LogP contribution in [0.15, 0.2) is 0 Å². The summed E-state index contributed by atoms with van der Waals surface area (Å²) >= 11 is 0. The molecule has 15 heavy (non-hydrogen) atoms. The highest BCUT2D eigenvalue weighted by Crippen LogP contribution is 2.22. The molecule has 0 amide bonds. The lowest BCUT2D eigenvalue weighted by atomic mass is 10.00. The van der Waals surface area contributed by atoms with E-state index < -0.39 is 0 Å². The van der Waals surface area contributed by atoms with Crippen LogP contribution in [0, 0.1) is 5.92 Å². The van der Waals surface area contributed by atoms with Crippen LogP contribution in [-0.2, 0) is 0 Å². The molecule has 1 heterocycles.